The van der Waals surface area contributed by atoms with Gasteiger partial charge in [-0.2, -0.15) is 0 Å². The number of carbonyl (C=O) groups is 1. The summed E-state index contributed by atoms with van der Waals surface area (Å²) in [5, 5.41) is 12.8. The van der Waals surface area contributed by atoms with E-state index in [9.17, 15) is 9.90 Å². The van der Waals surface area contributed by atoms with Gasteiger partial charge in [-0.05, 0) is 37.3 Å². The fourth-order valence-corrected chi connectivity index (χ4v) is 2.22. The second-order valence-electron chi connectivity index (χ2n) is 5.09. The lowest BCUT2D eigenvalue weighted by Crippen LogP contribution is -2.29. The van der Waals surface area contributed by atoms with Crippen LogP contribution in [0, 0.1) is 5.92 Å². The van der Waals surface area contributed by atoms with Crippen LogP contribution in [0.15, 0.2) is 24.3 Å². The van der Waals surface area contributed by atoms with Crippen LogP contribution in [0.25, 0.3) is 0 Å². The molecule has 3 nitrogen and oxygen atoms in total. The average molecular weight is 284 g/mol. The minimum Gasteiger partial charge on any atom is -0.393 e. The number of carbonyl (C=O) groups excluding carboxylic acids is 1. The van der Waals surface area contributed by atoms with E-state index in [2.05, 4.69) is 5.32 Å². The SMILES string of the molecule is CC(O)CC(C)CNC(=O)CCc1ccccc1Cl. The van der Waals surface area contributed by atoms with Crippen molar-refractivity contribution < 1.29 is 9.90 Å². The first-order valence-corrected chi connectivity index (χ1v) is 7.05. The van der Waals surface area contributed by atoms with Crippen LogP contribution in [0.5, 0.6) is 0 Å². The lowest BCUT2D eigenvalue weighted by Gasteiger charge is -2.14. The van der Waals surface area contributed by atoms with Gasteiger partial charge in [0.05, 0.1) is 6.10 Å². The molecule has 0 aliphatic rings. The summed E-state index contributed by atoms with van der Waals surface area (Å²) in [7, 11) is 0. The Hall–Kier alpha value is -1.06. The fourth-order valence-electron chi connectivity index (χ4n) is 1.99. The molecule has 19 heavy (non-hydrogen) atoms. The van der Waals surface area contributed by atoms with Crippen molar-refractivity contribution in [3.05, 3.63) is 34.9 Å². The number of hydrogen-bond donors (Lipinski definition) is 2. The highest BCUT2D eigenvalue weighted by atomic mass is 35.5. The number of amides is 1. The highest BCUT2D eigenvalue weighted by molar-refractivity contribution is 6.31. The normalized spacial score (nSPS) is 13.9. The zero-order valence-electron chi connectivity index (χ0n) is 11.5. The van der Waals surface area contributed by atoms with Crippen LogP contribution in [0.3, 0.4) is 0 Å². The zero-order valence-corrected chi connectivity index (χ0v) is 12.3. The molecule has 4 heteroatoms. The van der Waals surface area contributed by atoms with Gasteiger partial charge in [0.15, 0.2) is 0 Å². The second-order valence-corrected chi connectivity index (χ2v) is 5.49. The number of benzene rings is 1. The van der Waals surface area contributed by atoms with Gasteiger partial charge in [-0.1, -0.05) is 36.7 Å². The molecule has 0 saturated heterocycles. The Kier molecular flexibility index (Phi) is 6.89. The molecule has 0 aromatic heterocycles. The van der Waals surface area contributed by atoms with Crippen molar-refractivity contribution in [2.45, 2.75) is 39.2 Å². The highest BCUT2D eigenvalue weighted by Crippen LogP contribution is 2.16. The van der Waals surface area contributed by atoms with E-state index in [0.717, 1.165) is 5.56 Å². The summed E-state index contributed by atoms with van der Waals surface area (Å²) >= 11 is 6.03. The van der Waals surface area contributed by atoms with E-state index < -0.39 is 0 Å². The maximum atomic E-state index is 11.7. The monoisotopic (exact) mass is 283 g/mol. The first-order valence-electron chi connectivity index (χ1n) is 6.67. The minimum atomic E-state index is -0.324. The Balaban J connectivity index is 2.27. The smallest absolute Gasteiger partial charge is 0.220 e. The molecular formula is C15H22ClNO2. The molecule has 1 aromatic carbocycles. The van der Waals surface area contributed by atoms with Gasteiger partial charge in [-0.15, -0.1) is 0 Å². The number of aliphatic hydroxyl groups excluding tert-OH is 1. The number of hydrogen-bond acceptors (Lipinski definition) is 2. The second kappa shape index (κ2) is 8.18. The standard InChI is InChI=1S/C15H22ClNO2/c1-11(9-12(2)18)10-17-15(19)8-7-13-5-3-4-6-14(13)16/h3-6,11-12,18H,7-10H2,1-2H3,(H,17,19). The van der Waals surface area contributed by atoms with E-state index in [0.29, 0.717) is 30.8 Å². The van der Waals surface area contributed by atoms with Crippen molar-refractivity contribution in [3.63, 3.8) is 0 Å². The summed E-state index contributed by atoms with van der Waals surface area (Å²) in [6, 6.07) is 7.57. The third kappa shape index (κ3) is 6.60. The van der Waals surface area contributed by atoms with Crippen LogP contribution in [0.2, 0.25) is 5.02 Å². The molecule has 0 heterocycles. The van der Waals surface area contributed by atoms with Crippen molar-refractivity contribution >= 4 is 17.5 Å². The lowest BCUT2D eigenvalue weighted by molar-refractivity contribution is -0.121. The van der Waals surface area contributed by atoms with Crippen LogP contribution >= 0.6 is 11.6 Å². The van der Waals surface area contributed by atoms with Gasteiger partial charge in [-0.3, -0.25) is 4.79 Å². The molecule has 0 spiro atoms. The number of aliphatic hydroxyl groups is 1. The molecule has 2 unspecified atom stereocenters. The minimum absolute atomic E-state index is 0.0253. The lowest BCUT2D eigenvalue weighted by atomic mass is 10.0. The average Bonchev–Trinajstić information content (AvgIpc) is 2.34. The van der Waals surface area contributed by atoms with E-state index in [4.69, 9.17) is 11.6 Å². The Morgan fingerprint density at radius 3 is 2.68 bits per heavy atom. The summed E-state index contributed by atoms with van der Waals surface area (Å²) in [5.41, 5.74) is 0.997. The molecular weight excluding hydrogens is 262 g/mol. The van der Waals surface area contributed by atoms with Gasteiger partial charge in [0.25, 0.3) is 0 Å². The Bertz CT molecular complexity index is 407. The summed E-state index contributed by atoms with van der Waals surface area (Å²) in [6.07, 6.45) is 1.46. The van der Waals surface area contributed by atoms with Gasteiger partial charge >= 0.3 is 0 Å². The third-order valence-electron chi connectivity index (χ3n) is 2.97. The molecule has 1 rings (SSSR count). The van der Waals surface area contributed by atoms with Crippen LogP contribution < -0.4 is 5.32 Å². The summed E-state index contributed by atoms with van der Waals surface area (Å²) < 4.78 is 0. The number of halogens is 1. The van der Waals surface area contributed by atoms with E-state index in [1.54, 1.807) is 6.92 Å². The van der Waals surface area contributed by atoms with Crippen LogP contribution in [0.1, 0.15) is 32.3 Å². The predicted molar refractivity (Wildman–Crippen MR) is 78.2 cm³/mol. The van der Waals surface area contributed by atoms with E-state index in [-0.39, 0.29) is 17.9 Å². The van der Waals surface area contributed by atoms with Gasteiger partial charge in [0.2, 0.25) is 5.91 Å². The molecule has 0 fully saturated rings. The maximum absolute atomic E-state index is 11.7. The van der Waals surface area contributed by atoms with Crippen molar-refractivity contribution in [2.75, 3.05) is 6.54 Å². The molecule has 1 aromatic rings. The third-order valence-corrected chi connectivity index (χ3v) is 3.34. The molecule has 0 aliphatic heterocycles. The fraction of sp³-hybridized carbons (Fsp3) is 0.533. The van der Waals surface area contributed by atoms with Gasteiger partial charge < -0.3 is 10.4 Å². The first-order chi connectivity index (χ1) is 8.99. The van der Waals surface area contributed by atoms with Crippen LogP contribution in [-0.2, 0) is 11.2 Å². The quantitative estimate of drug-likeness (QED) is 0.808. The van der Waals surface area contributed by atoms with E-state index in [1.165, 1.54) is 0 Å². The van der Waals surface area contributed by atoms with Gasteiger partial charge in [0, 0.05) is 18.0 Å². The molecule has 0 saturated carbocycles. The van der Waals surface area contributed by atoms with E-state index >= 15 is 0 Å². The largest absolute Gasteiger partial charge is 0.393 e. The summed E-state index contributed by atoms with van der Waals surface area (Å²) in [4.78, 5) is 11.7. The molecule has 106 valence electrons. The Labute approximate surface area is 120 Å². The number of aryl methyl sites for hydroxylation is 1. The van der Waals surface area contributed by atoms with Crippen molar-refractivity contribution in [2.24, 2.45) is 5.92 Å². The van der Waals surface area contributed by atoms with Crippen LogP contribution in [-0.4, -0.2) is 23.7 Å². The van der Waals surface area contributed by atoms with E-state index in [1.807, 2.05) is 31.2 Å². The maximum Gasteiger partial charge on any atom is 0.220 e. The van der Waals surface area contributed by atoms with Gasteiger partial charge in [-0.25, -0.2) is 0 Å². The predicted octanol–water partition coefficient (Wildman–Crippen LogP) is 2.80. The van der Waals surface area contributed by atoms with Gasteiger partial charge in [0.1, 0.15) is 0 Å². The first kappa shape index (κ1) is 16.0. The Morgan fingerprint density at radius 1 is 1.37 bits per heavy atom. The molecule has 0 aliphatic carbocycles. The zero-order chi connectivity index (χ0) is 14.3. The van der Waals surface area contributed by atoms with Crippen molar-refractivity contribution in [1.82, 2.24) is 5.32 Å². The number of rotatable bonds is 7. The van der Waals surface area contributed by atoms with Crippen LogP contribution in [0.4, 0.5) is 0 Å². The molecule has 2 atom stereocenters. The van der Waals surface area contributed by atoms with Crippen molar-refractivity contribution in [3.8, 4) is 0 Å². The summed E-state index contributed by atoms with van der Waals surface area (Å²) in [6.45, 7) is 4.38. The van der Waals surface area contributed by atoms with Crippen molar-refractivity contribution in [1.29, 1.82) is 0 Å². The molecule has 0 radical (unpaired) electrons. The number of nitrogens with one attached hydrogen (secondary N) is 1. The highest BCUT2D eigenvalue weighted by Gasteiger charge is 2.09. The molecule has 2 N–H and O–H groups in total. The molecule has 1 amide bonds. The topological polar surface area (TPSA) is 49.3 Å². The Morgan fingerprint density at radius 2 is 2.05 bits per heavy atom. The summed E-state index contributed by atoms with van der Waals surface area (Å²) in [5.74, 6) is 0.307. The molecule has 0 bridgehead atoms.